The van der Waals surface area contributed by atoms with Crippen molar-refractivity contribution in [3.63, 3.8) is 0 Å². The standard InChI is InChI=1S/C23H28FN3O2S2/c1-4-6-11-27(15(3)5-2)20(28)14-30-13-19-25-22(29)21-18(12-31-23(21)26-19)16-7-9-17(24)10-8-16/h7-10,12,15H,4-6,11,13-14H2,1-3H3,(H,25,26,29). The molecule has 31 heavy (non-hydrogen) atoms. The van der Waals surface area contributed by atoms with E-state index < -0.39 is 0 Å². The molecule has 0 bridgehead atoms. The minimum Gasteiger partial charge on any atom is -0.339 e. The van der Waals surface area contributed by atoms with E-state index in [-0.39, 0.29) is 23.3 Å². The van der Waals surface area contributed by atoms with Crippen LogP contribution in [0.3, 0.4) is 0 Å². The van der Waals surface area contributed by atoms with Gasteiger partial charge in [0.2, 0.25) is 5.91 Å². The van der Waals surface area contributed by atoms with Gasteiger partial charge in [-0.25, -0.2) is 9.37 Å². The van der Waals surface area contributed by atoms with Gasteiger partial charge in [-0.05, 0) is 37.5 Å². The summed E-state index contributed by atoms with van der Waals surface area (Å²) in [6, 6.07) is 6.31. The number of fused-ring (bicyclic) bond motifs is 1. The third kappa shape index (κ3) is 5.74. The molecule has 5 nitrogen and oxygen atoms in total. The number of halogens is 1. The molecular weight excluding hydrogens is 433 g/mol. The summed E-state index contributed by atoms with van der Waals surface area (Å²) in [5.74, 6) is 1.20. The Bertz CT molecular complexity index is 1080. The Labute approximate surface area is 190 Å². The second-order valence-electron chi connectivity index (χ2n) is 7.54. The van der Waals surface area contributed by atoms with Crippen LogP contribution >= 0.6 is 23.1 Å². The van der Waals surface area contributed by atoms with E-state index in [0.29, 0.717) is 27.5 Å². The summed E-state index contributed by atoms with van der Waals surface area (Å²) in [5, 5.41) is 2.39. The van der Waals surface area contributed by atoms with Gasteiger partial charge in [-0.1, -0.05) is 32.4 Å². The van der Waals surface area contributed by atoms with Gasteiger partial charge in [0.05, 0.1) is 16.9 Å². The van der Waals surface area contributed by atoms with Crippen molar-refractivity contribution in [1.29, 1.82) is 0 Å². The number of aromatic amines is 1. The highest BCUT2D eigenvalue weighted by Gasteiger charge is 2.19. The number of thioether (sulfide) groups is 1. The normalized spacial score (nSPS) is 12.3. The van der Waals surface area contributed by atoms with Crippen molar-refractivity contribution < 1.29 is 9.18 Å². The molecule has 1 atom stereocenters. The number of benzene rings is 1. The predicted molar refractivity (Wildman–Crippen MR) is 128 cm³/mol. The van der Waals surface area contributed by atoms with Crippen LogP contribution in [0.1, 0.15) is 45.9 Å². The fraction of sp³-hybridized carbons (Fsp3) is 0.435. The minimum absolute atomic E-state index is 0.131. The lowest BCUT2D eigenvalue weighted by atomic mass is 10.1. The van der Waals surface area contributed by atoms with E-state index in [1.54, 1.807) is 12.1 Å². The highest BCUT2D eigenvalue weighted by Crippen LogP contribution is 2.31. The zero-order valence-electron chi connectivity index (χ0n) is 18.1. The number of hydrogen-bond donors (Lipinski definition) is 1. The van der Waals surface area contributed by atoms with Crippen molar-refractivity contribution >= 4 is 39.2 Å². The monoisotopic (exact) mass is 461 g/mol. The number of thiophene rings is 1. The third-order valence-electron chi connectivity index (χ3n) is 5.31. The van der Waals surface area contributed by atoms with Gasteiger partial charge in [0.25, 0.3) is 5.56 Å². The Hall–Kier alpha value is -2.19. The van der Waals surface area contributed by atoms with Crippen LogP contribution in [0.4, 0.5) is 4.39 Å². The van der Waals surface area contributed by atoms with Crippen molar-refractivity contribution in [2.24, 2.45) is 0 Å². The Morgan fingerprint density at radius 2 is 2.03 bits per heavy atom. The summed E-state index contributed by atoms with van der Waals surface area (Å²) in [7, 11) is 0. The molecule has 0 radical (unpaired) electrons. The number of hydrogen-bond acceptors (Lipinski definition) is 5. The number of unbranched alkanes of at least 4 members (excludes halogenated alkanes) is 1. The van der Waals surface area contributed by atoms with Crippen molar-refractivity contribution in [3.8, 4) is 11.1 Å². The van der Waals surface area contributed by atoms with Gasteiger partial charge in [0.1, 0.15) is 16.5 Å². The number of rotatable bonds is 10. The van der Waals surface area contributed by atoms with E-state index in [1.807, 2.05) is 10.3 Å². The van der Waals surface area contributed by atoms with E-state index in [2.05, 4.69) is 30.7 Å². The number of carbonyl (C=O) groups excluding carboxylic acids is 1. The lowest BCUT2D eigenvalue weighted by Gasteiger charge is -2.28. The number of nitrogens with zero attached hydrogens (tertiary/aromatic N) is 2. The smallest absolute Gasteiger partial charge is 0.260 e. The van der Waals surface area contributed by atoms with Gasteiger partial charge in [-0.2, -0.15) is 0 Å². The third-order valence-corrected chi connectivity index (χ3v) is 7.11. The fourth-order valence-corrected chi connectivity index (χ4v) is 5.10. The van der Waals surface area contributed by atoms with Gasteiger partial charge >= 0.3 is 0 Å². The van der Waals surface area contributed by atoms with Gasteiger partial charge in [0, 0.05) is 23.5 Å². The van der Waals surface area contributed by atoms with E-state index in [9.17, 15) is 14.0 Å². The Morgan fingerprint density at radius 1 is 1.29 bits per heavy atom. The second-order valence-corrected chi connectivity index (χ2v) is 9.38. The van der Waals surface area contributed by atoms with Crippen LogP contribution in [0.25, 0.3) is 21.3 Å². The molecule has 0 saturated carbocycles. The number of amides is 1. The van der Waals surface area contributed by atoms with E-state index in [1.165, 1.54) is 35.2 Å². The topological polar surface area (TPSA) is 66.1 Å². The van der Waals surface area contributed by atoms with E-state index in [4.69, 9.17) is 0 Å². The van der Waals surface area contributed by atoms with Crippen LogP contribution in [0.5, 0.6) is 0 Å². The molecular formula is C23H28FN3O2S2. The average Bonchev–Trinajstić information content (AvgIpc) is 3.19. The number of carbonyl (C=O) groups is 1. The SMILES string of the molecule is CCCCN(C(=O)CSCc1nc2scc(-c3ccc(F)cc3)c2c(=O)[nH]1)C(C)CC. The van der Waals surface area contributed by atoms with Crippen LogP contribution < -0.4 is 5.56 Å². The molecule has 0 fully saturated rings. The van der Waals surface area contributed by atoms with Gasteiger partial charge in [0.15, 0.2) is 0 Å². The first kappa shape index (κ1) is 23.5. The molecule has 3 aromatic rings. The van der Waals surface area contributed by atoms with Crippen molar-refractivity contribution in [2.75, 3.05) is 12.3 Å². The Morgan fingerprint density at radius 3 is 2.71 bits per heavy atom. The Balaban J connectivity index is 1.69. The predicted octanol–water partition coefficient (Wildman–Crippen LogP) is 5.45. The number of H-pyrrole nitrogens is 1. The molecule has 1 aromatic carbocycles. The first-order valence-corrected chi connectivity index (χ1v) is 12.6. The molecule has 166 valence electrons. The highest BCUT2D eigenvalue weighted by molar-refractivity contribution is 7.99. The highest BCUT2D eigenvalue weighted by atomic mass is 32.2. The number of nitrogens with one attached hydrogen (secondary N) is 1. The summed E-state index contributed by atoms with van der Waals surface area (Å²) in [5.41, 5.74) is 1.32. The number of aromatic nitrogens is 2. The first-order valence-electron chi connectivity index (χ1n) is 10.6. The molecule has 0 aliphatic rings. The maximum Gasteiger partial charge on any atom is 0.260 e. The second kappa shape index (κ2) is 10.9. The molecule has 3 rings (SSSR count). The average molecular weight is 462 g/mol. The molecule has 1 unspecified atom stereocenters. The van der Waals surface area contributed by atoms with Crippen LogP contribution in [0, 0.1) is 5.82 Å². The molecule has 0 saturated heterocycles. The van der Waals surface area contributed by atoms with Crippen LogP contribution in [-0.2, 0) is 10.5 Å². The van der Waals surface area contributed by atoms with E-state index in [0.717, 1.165) is 36.9 Å². The zero-order valence-corrected chi connectivity index (χ0v) is 19.7. The van der Waals surface area contributed by atoms with Crippen molar-refractivity contribution in [2.45, 2.75) is 51.8 Å². The minimum atomic E-state index is -0.314. The van der Waals surface area contributed by atoms with Crippen molar-refractivity contribution in [1.82, 2.24) is 14.9 Å². The molecule has 0 spiro atoms. The van der Waals surface area contributed by atoms with Crippen LogP contribution in [0.15, 0.2) is 34.4 Å². The summed E-state index contributed by atoms with van der Waals surface area (Å²) in [6.07, 6.45) is 2.99. The molecule has 8 heteroatoms. The first-order chi connectivity index (χ1) is 14.9. The maximum absolute atomic E-state index is 13.2. The van der Waals surface area contributed by atoms with Gasteiger partial charge in [-0.3, -0.25) is 9.59 Å². The summed E-state index contributed by atoms with van der Waals surface area (Å²) in [4.78, 5) is 35.5. The zero-order chi connectivity index (χ0) is 22.4. The van der Waals surface area contributed by atoms with Crippen LogP contribution in [0.2, 0.25) is 0 Å². The van der Waals surface area contributed by atoms with Crippen molar-refractivity contribution in [3.05, 3.63) is 51.6 Å². The molecule has 1 amide bonds. The largest absolute Gasteiger partial charge is 0.339 e. The van der Waals surface area contributed by atoms with Gasteiger partial charge in [-0.15, -0.1) is 23.1 Å². The Kier molecular flexibility index (Phi) is 8.26. The summed E-state index contributed by atoms with van der Waals surface area (Å²) in [6.45, 7) is 7.08. The maximum atomic E-state index is 13.2. The molecule has 2 heterocycles. The quantitative estimate of drug-likeness (QED) is 0.436. The summed E-state index contributed by atoms with van der Waals surface area (Å²) >= 11 is 2.86. The lowest BCUT2D eigenvalue weighted by Crippen LogP contribution is -2.40. The molecule has 2 aromatic heterocycles. The summed E-state index contributed by atoms with van der Waals surface area (Å²) < 4.78 is 13.2. The molecule has 1 N–H and O–H groups in total. The molecule has 0 aliphatic carbocycles. The van der Waals surface area contributed by atoms with E-state index >= 15 is 0 Å². The fourth-order valence-electron chi connectivity index (χ4n) is 3.36. The van der Waals surface area contributed by atoms with Gasteiger partial charge < -0.3 is 9.88 Å². The lowest BCUT2D eigenvalue weighted by molar-refractivity contribution is -0.130. The molecule has 0 aliphatic heterocycles. The van der Waals surface area contributed by atoms with Crippen LogP contribution in [-0.4, -0.2) is 39.1 Å².